The molecule has 0 aromatic heterocycles. The average molecular weight is 471 g/mol. The van der Waals surface area contributed by atoms with Gasteiger partial charge in [-0.15, -0.1) is 0 Å². The van der Waals surface area contributed by atoms with Crippen molar-refractivity contribution in [1.82, 2.24) is 0 Å². The minimum absolute atomic E-state index is 0.136. The second kappa shape index (κ2) is 16.9. The van der Waals surface area contributed by atoms with Crippen molar-refractivity contribution < 1.29 is 28.5 Å². The molecule has 0 amide bonds. The lowest BCUT2D eigenvalue weighted by molar-refractivity contribution is -0.140. The predicted molar refractivity (Wildman–Crippen MR) is 134 cm³/mol. The quantitative estimate of drug-likeness (QED) is 0.122. The van der Waals surface area contributed by atoms with Crippen LogP contribution in [0.4, 0.5) is 0 Å². The monoisotopic (exact) mass is 470 g/mol. The van der Waals surface area contributed by atoms with Gasteiger partial charge < -0.3 is 23.7 Å². The van der Waals surface area contributed by atoms with Crippen molar-refractivity contribution in [2.24, 2.45) is 0 Å². The molecule has 0 heterocycles. The van der Waals surface area contributed by atoms with Crippen molar-refractivity contribution >= 4 is 18.1 Å². The van der Waals surface area contributed by atoms with Gasteiger partial charge in [0.15, 0.2) is 6.79 Å². The molecular weight excluding hydrogens is 432 g/mol. The second-order valence-electron chi connectivity index (χ2n) is 7.84. The zero-order valence-electron chi connectivity index (χ0n) is 20.7. The van der Waals surface area contributed by atoms with Crippen LogP contribution in [-0.4, -0.2) is 39.9 Å². The maximum Gasteiger partial charge on any atom is 0.305 e. The molecule has 0 N–H and O–H groups in total. The van der Waals surface area contributed by atoms with E-state index >= 15 is 0 Å². The van der Waals surface area contributed by atoms with Gasteiger partial charge in [-0.3, -0.25) is 4.79 Å². The molecule has 0 saturated heterocycles. The van der Waals surface area contributed by atoms with Gasteiger partial charge >= 0.3 is 5.97 Å². The first-order valence-corrected chi connectivity index (χ1v) is 12.0. The first-order valence-electron chi connectivity index (χ1n) is 12.0. The maximum atomic E-state index is 11.2. The van der Waals surface area contributed by atoms with Crippen molar-refractivity contribution in [3.05, 3.63) is 64.7 Å². The van der Waals surface area contributed by atoms with E-state index in [0.717, 1.165) is 48.1 Å². The van der Waals surface area contributed by atoms with Crippen LogP contribution in [0.5, 0.6) is 5.75 Å². The number of rotatable bonds is 17. The predicted octanol–water partition coefficient (Wildman–Crippen LogP) is 6.02. The number of hydrogen-bond acceptors (Lipinski definition) is 6. The number of methoxy groups -OCH3 is 1. The molecule has 2 rings (SSSR count). The fraction of sp³-hybridized carbons (Fsp3) is 0.464. The molecule has 2 aromatic carbocycles. The van der Waals surface area contributed by atoms with E-state index in [1.165, 1.54) is 12.7 Å². The number of unbranched alkanes of at least 4 members (excludes halogenated alkanes) is 2. The highest BCUT2D eigenvalue weighted by Gasteiger charge is 2.03. The molecule has 0 aliphatic carbocycles. The van der Waals surface area contributed by atoms with Crippen LogP contribution >= 0.6 is 0 Å². The molecule has 0 aliphatic rings. The smallest absolute Gasteiger partial charge is 0.305 e. The lowest BCUT2D eigenvalue weighted by Crippen LogP contribution is -2.04. The van der Waals surface area contributed by atoms with Crippen LogP contribution in [0.2, 0.25) is 0 Å². The molecule has 2 aromatic rings. The normalized spacial score (nSPS) is 11.1. The zero-order valence-corrected chi connectivity index (χ0v) is 20.7. The summed E-state index contributed by atoms with van der Waals surface area (Å²) in [6.45, 7) is 6.02. The maximum absolute atomic E-state index is 11.2. The third-order valence-corrected chi connectivity index (χ3v) is 5.13. The molecule has 0 atom stereocenters. The van der Waals surface area contributed by atoms with Crippen LogP contribution in [0.1, 0.15) is 61.8 Å². The van der Waals surface area contributed by atoms with Crippen molar-refractivity contribution in [2.75, 3.05) is 33.9 Å². The SMILES string of the molecule is CCOCOCc1cc(C=Cc2cccc(CCCCCC(=O)OC)c2)cc(OCOCC)c1. The Hall–Kier alpha value is -2.67. The van der Waals surface area contributed by atoms with Crippen LogP contribution in [0.25, 0.3) is 12.2 Å². The van der Waals surface area contributed by atoms with Crippen LogP contribution in [-0.2, 0) is 36.8 Å². The van der Waals surface area contributed by atoms with Crippen LogP contribution in [0.3, 0.4) is 0 Å². The van der Waals surface area contributed by atoms with Crippen molar-refractivity contribution in [1.29, 1.82) is 0 Å². The number of aryl methyl sites for hydroxylation is 1. The van der Waals surface area contributed by atoms with Crippen LogP contribution < -0.4 is 4.74 Å². The summed E-state index contributed by atoms with van der Waals surface area (Å²) in [6.07, 6.45) is 8.59. The summed E-state index contributed by atoms with van der Waals surface area (Å²) >= 11 is 0. The zero-order chi connectivity index (χ0) is 24.4. The Kier molecular flexibility index (Phi) is 13.7. The lowest BCUT2D eigenvalue weighted by atomic mass is 10.0. The third-order valence-electron chi connectivity index (χ3n) is 5.13. The summed E-state index contributed by atoms with van der Waals surface area (Å²) in [5.41, 5.74) is 4.46. The van der Waals surface area contributed by atoms with Crippen molar-refractivity contribution in [3.63, 3.8) is 0 Å². The van der Waals surface area contributed by atoms with E-state index in [-0.39, 0.29) is 19.6 Å². The summed E-state index contributed by atoms with van der Waals surface area (Å²) < 4.78 is 26.6. The molecule has 186 valence electrons. The summed E-state index contributed by atoms with van der Waals surface area (Å²) in [7, 11) is 1.43. The number of carbonyl (C=O) groups is 1. The number of benzene rings is 2. The Bertz CT molecular complexity index is 877. The Morgan fingerprint density at radius 1 is 0.824 bits per heavy atom. The van der Waals surface area contributed by atoms with Crippen LogP contribution in [0.15, 0.2) is 42.5 Å². The molecule has 0 bridgehead atoms. The minimum atomic E-state index is -0.136. The molecule has 6 heteroatoms. The van der Waals surface area contributed by atoms with Gasteiger partial charge in [0.05, 0.1) is 13.7 Å². The molecule has 0 fully saturated rings. The number of carbonyl (C=O) groups excluding carboxylic acids is 1. The van der Waals surface area contributed by atoms with E-state index in [2.05, 4.69) is 47.2 Å². The van der Waals surface area contributed by atoms with E-state index in [0.29, 0.717) is 26.2 Å². The summed E-state index contributed by atoms with van der Waals surface area (Å²) in [5.74, 6) is 0.606. The lowest BCUT2D eigenvalue weighted by Gasteiger charge is -2.10. The number of ether oxygens (including phenoxy) is 5. The fourth-order valence-corrected chi connectivity index (χ4v) is 3.37. The third kappa shape index (κ3) is 11.5. The van der Waals surface area contributed by atoms with Crippen LogP contribution in [0, 0.1) is 0 Å². The van der Waals surface area contributed by atoms with Gasteiger partial charge in [0, 0.05) is 19.6 Å². The highest BCUT2D eigenvalue weighted by atomic mass is 16.7. The van der Waals surface area contributed by atoms with Gasteiger partial charge in [-0.1, -0.05) is 42.8 Å². The second-order valence-corrected chi connectivity index (χ2v) is 7.84. The molecular formula is C28H38O6. The summed E-state index contributed by atoms with van der Waals surface area (Å²) in [4.78, 5) is 11.2. The molecule has 0 unspecified atom stereocenters. The average Bonchev–Trinajstić information content (AvgIpc) is 2.85. The Morgan fingerprint density at radius 3 is 2.38 bits per heavy atom. The van der Waals surface area contributed by atoms with E-state index in [1.54, 1.807) is 0 Å². The van der Waals surface area contributed by atoms with E-state index in [1.807, 2.05) is 26.0 Å². The molecule has 0 saturated carbocycles. The number of hydrogen-bond donors (Lipinski definition) is 0. The Labute approximate surface area is 203 Å². The van der Waals surface area contributed by atoms with Gasteiger partial charge in [0.25, 0.3) is 0 Å². The van der Waals surface area contributed by atoms with Gasteiger partial charge in [-0.2, -0.15) is 0 Å². The molecule has 0 spiro atoms. The van der Waals surface area contributed by atoms with Crippen molar-refractivity contribution in [3.8, 4) is 5.75 Å². The van der Waals surface area contributed by atoms with Crippen molar-refractivity contribution in [2.45, 2.75) is 52.6 Å². The Morgan fingerprint density at radius 2 is 1.59 bits per heavy atom. The number of esters is 1. The molecule has 6 nitrogen and oxygen atoms in total. The van der Waals surface area contributed by atoms with E-state index in [9.17, 15) is 4.79 Å². The minimum Gasteiger partial charge on any atom is -0.469 e. The standard InChI is InChI=1S/C28H38O6/c1-4-31-21-33-20-26-17-25(18-27(19-26)34-22-32-5-2)15-14-24-12-9-11-23(16-24)10-7-6-8-13-28(29)30-3/h9,11-12,14-19H,4-8,10,13,20-22H2,1-3H3. The summed E-state index contributed by atoms with van der Waals surface area (Å²) in [5, 5.41) is 0. The van der Waals surface area contributed by atoms with E-state index in [4.69, 9.17) is 18.9 Å². The highest BCUT2D eigenvalue weighted by Crippen LogP contribution is 2.21. The largest absolute Gasteiger partial charge is 0.469 e. The fourth-order valence-electron chi connectivity index (χ4n) is 3.37. The molecule has 0 radical (unpaired) electrons. The molecule has 34 heavy (non-hydrogen) atoms. The first kappa shape index (κ1) is 27.6. The van der Waals surface area contributed by atoms with E-state index < -0.39 is 0 Å². The Balaban J connectivity index is 1.99. The first-order chi connectivity index (χ1) is 16.6. The molecule has 0 aliphatic heterocycles. The van der Waals surface area contributed by atoms with Gasteiger partial charge in [0.2, 0.25) is 0 Å². The highest BCUT2D eigenvalue weighted by molar-refractivity contribution is 5.71. The van der Waals surface area contributed by atoms with Gasteiger partial charge in [0.1, 0.15) is 12.5 Å². The topological polar surface area (TPSA) is 63.2 Å². The van der Waals surface area contributed by atoms with Gasteiger partial charge in [-0.25, -0.2) is 0 Å². The van der Waals surface area contributed by atoms with Gasteiger partial charge in [-0.05, 0) is 73.6 Å². The summed E-state index contributed by atoms with van der Waals surface area (Å²) in [6, 6.07) is 14.6.